The first-order chi connectivity index (χ1) is 11.7. The van der Waals surface area contributed by atoms with E-state index in [1.807, 2.05) is 26.3 Å². The summed E-state index contributed by atoms with van der Waals surface area (Å²) in [6.45, 7) is 4.82. The van der Waals surface area contributed by atoms with Gasteiger partial charge in [0.1, 0.15) is 6.54 Å². The summed E-state index contributed by atoms with van der Waals surface area (Å²) in [4.78, 5) is 9.83. The maximum Gasteiger partial charge on any atom is 0.320 e. The van der Waals surface area contributed by atoms with Crippen LogP contribution in [-0.4, -0.2) is 104 Å². The van der Waals surface area contributed by atoms with Crippen molar-refractivity contribution in [2.75, 3.05) is 31.9 Å². The van der Waals surface area contributed by atoms with Gasteiger partial charge in [0, 0.05) is 19.1 Å². The number of carboxylic acids is 1. The topological polar surface area (TPSA) is 211 Å². The van der Waals surface area contributed by atoms with Gasteiger partial charge in [-0.15, -0.1) is 0 Å². The van der Waals surface area contributed by atoms with Crippen LogP contribution in [0, 0.1) is 0 Å². The fourth-order valence-electron chi connectivity index (χ4n) is 1.000. The van der Waals surface area contributed by atoms with E-state index in [9.17, 15) is 13.2 Å². The summed E-state index contributed by atoms with van der Waals surface area (Å²) in [5.74, 6) is -1.66. The number of nitrogens with zero attached hydrogens (tertiary/aromatic N) is 2. The lowest BCUT2D eigenvalue weighted by atomic mass is 10.4. The van der Waals surface area contributed by atoms with Crippen LogP contribution >= 0.6 is 0 Å². The molecule has 0 aliphatic rings. The van der Waals surface area contributed by atoms with Gasteiger partial charge in [-0.1, -0.05) is 6.92 Å². The third-order valence-corrected chi connectivity index (χ3v) is 2.74. The number of carbonyl (C=O) groups is 1. The van der Waals surface area contributed by atoms with Crippen LogP contribution in [0.5, 0.6) is 0 Å². The van der Waals surface area contributed by atoms with E-state index in [0.29, 0.717) is 11.6 Å². The van der Waals surface area contributed by atoms with Crippen molar-refractivity contribution in [3.05, 3.63) is 0 Å². The van der Waals surface area contributed by atoms with Crippen molar-refractivity contribution < 1.29 is 48.7 Å². The van der Waals surface area contributed by atoms with Gasteiger partial charge < -0.3 is 30.9 Å². The zero-order valence-corrected chi connectivity index (χ0v) is 15.9. The van der Waals surface area contributed by atoms with Crippen LogP contribution in [0.25, 0.3) is 0 Å². The number of aliphatic hydroxyl groups is 2. The molecule has 0 saturated carbocycles. The summed E-state index contributed by atoms with van der Waals surface area (Å²) in [6.07, 6.45) is -0.980. The number of hydroxylamine groups is 5. The monoisotopic (exact) mass is 409 g/mol. The van der Waals surface area contributed by atoms with E-state index >= 15 is 0 Å². The molecule has 0 fully saturated rings. The SMILES string of the molecule is CC(C)NO.CCCN(O)CCS(=O)(=O)O.O=C(O)CN(O)CC(O)O. The van der Waals surface area contributed by atoms with Gasteiger partial charge in [0.25, 0.3) is 10.1 Å². The molecule has 0 radical (unpaired) electrons. The Morgan fingerprint density at radius 3 is 1.85 bits per heavy atom. The van der Waals surface area contributed by atoms with Gasteiger partial charge in [0.15, 0.2) is 6.29 Å². The molecule has 0 aliphatic heterocycles. The Bertz CT molecular complexity index is 433. The first kappa shape index (κ1) is 29.8. The van der Waals surface area contributed by atoms with E-state index in [-0.39, 0.29) is 12.6 Å². The van der Waals surface area contributed by atoms with E-state index in [1.54, 1.807) is 0 Å². The first-order valence-corrected chi connectivity index (χ1v) is 9.16. The van der Waals surface area contributed by atoms with Gasteiger partial charge in [-0.25, -0.2) is 5.48 Å². The highest BCUT2D eigenvalue weighted by molar-refractivity contribution is 7.85. The van der Waals surface area contributed by atoms with Crippen LogP contribution in [-0.2, 0) is 14.9 Å². The molecule has 0 aromatic heterocycles. The zero-order valence-electron chi connectivity index (χ0n) is 15.1. The number of carboxylic acid groups (broad SMARTS) is 1. The molecule has 0 aromatic carbocycles. The Morgan fingerprint density at radius 2 is 1.58 bits per heavy atom. The van der Waals surface area contributed by atoms with E-state index in [1.165, 1.54) is 0 Å². The van der Waals surface area contributed by atoms with Crippen molar-refractivity contribution in [1.29, 1.82) is 0 Å². The molecule has 0 saturated heterocycles. The van der Waals surface area contributed by atoms with Gasteiger partial charge in [-0.2, -0.15) is 18.5 Å². The zero-order chi connectivity index (χ0) is 21.3. The molecule has 0 heterocycles. The minimum atomic E-state index is -3.94. The highest BCUT2D eigenvalue weighted by atomic mass is 32.2. The highest BCUT2D eigenvalue weighted by Gasteiger charge is 2.09. The van der Waals surface area contributed by atoms with E-state index in [4.69, 9.17) is 35.5 Å². The van der Waals surface area contributed by atoms with Crippen LogP contribution in [0.3, 0.4) is 0 Å². The molecule has 14 heteroatoms. The van der Waals surface area contributed by atoms with Crippen LogP contribution in [0.1, 0.15) is 27.2 Å². The number of nitrogens with one attached hydrogen (secondary N) is 1. The number of rotatable bonds is 10. The van der Waals surface area contributed by atoms with Crippen molar-refractivity contribution in [1.82, 2.24) is 15.6 Å². The van der Waals surface area contributed by atoms with Crippen LogP contribution in [0.2, 0.25) is 0 Å². The van der Waals surface area contributed by atoms with E-state index in [0.717, 1.165) is 11.5 Å². The normalized spacial score (nSPS) is 11.3. The minimum Gasteiger partial charge on any atom is -0.480 e. The van der Waals surface area contributed by atoms with Crippen LogP contribution in [0.4, 0.5) is 0 Å². The maximum absolute atomic E-state index is 10.2. The minimum absolute atomic E-state index is 0.0489. The van der Waals surface area contributed by atoms with Gasteiger partial charge in [-0.05, 0) is 20.3 Å². The van der Waals surface area contributed by atoms with Crippen LogP contribution in [0.15, 0.2) is 0 Å². The lowest BCUT2D eigenvalue weighted by Gasteiger charge is -2.12. The molecule has 13 nitrogen and oxygen atoms in total. The second kappa shape index (κ2) is 17.5. The van der Waals surface area contributed by atoms with Crippen molar-refractivity contribution in [2.24, 2.45) is 0 Å². The van der Waals surface area contributed by atoms with Crippen molar-refractivity contribution in [3.8, 4) is 0 Å². The van der Waals surface area contributed by atoms with Gasteiger partial charge in [0.2, 0.25) is 0 Å². The Morgan fingerprint density at radius 1 is 1.12 bits per heavy atom. The third kappa shape index (κ3) is 34.4. The third-order valence-electron chi connectivity index (χ3n) is 2.04. The van der Waals surface area contributed by atoms with Crippen molar-refractivity contribution in [3.63, 3.8) is 0 Å². The summed E-state index contributed by atoms with van der Waals surface area (Å²) in [5, 5.41) is 50.9. The highest BCUT2D eigenvalue weighted by Crippen LogP contribution is 1.88. The summed E-state index contributed by atoms with van der Waals surface area (Å²) in [7, 11) is -3.94. The fraction of sp³-hybridized carbons (Fsp3) is 0.917. The molecule has 0 amide bonds. The van der Waals surface area contributed by atoms with E-state index < -0.39 is 41.2 Å². The summed E-state index contributed by atoms with van der Waals surface area (Å²) in [5.41, 5.74) is 2.03. The first-order valence-electron chi connectivity index (χ1n) is 7.55. The molecule has 0 aliphatic carbocycles. The summed E-state index contributed by atoms with van der Waals surface area (Å²) >= 11 is 0. The van der Waals surface area contributed by atoms with Crippen LogP contribution < -0.4 is 5.48 Å². The predicted octanol–water partition coefficient (Wildman–Crippen LogP) is -1.58. The second-order valence-electron chi connectivity index (χ2n) is 5.24. The second-order valence-corrected chi connectivity index (χ2v) is 6.82. The molecule has 160 valence electrons. The van der Waals surface area contributed by atoms with Gasteiger partial charge in [0.05, 0.1) is 12.3 Å². The fourth-order valence-corrected chi connectivity index (χ4v) is 1.44. The molecule has 0 unspecified atom stereocenters. The average molecular weight is 409 g/mol. The molecule has 0 atom stereocenters. The molecule has 0 spiro atoms. The van der Waals surface area contributed by atoms with E-state index in [2.05, 4.69) is 0 Å². The standard InChI is InChI=1S/C5H13NO4S.C4H9NO5.C3H9NO/c1-2-3-6(7)4-5-11(8,9)10;6-3(7)1-5(10)2-4(8)9;1-3(2)4-5/h7H,2-5H2,1H3,(H,8,9,10);3,6-7,10H,1-2H2,(H,8,9);3-5H,1-2H3. The van der Waals surface area contributed by atoms with Crippen molar-refractivity contribution in [2.45, 2.75) is 39.5 Å². The molecule has 0 bridgehead atoms. The maximum atomic E-state index is 10.2. The Labute approximate surface area is 152 Å². The molecule has 8 N–H and O–H groups in total. The molecule has 0 rings (SSSR count). The molecule has 0 aromatic rings. The number of aliphatic carboxylic acids is 1. The Kier molecular flexibility index (Phi) is 20.0. The lowest BCUT2D eigenvalue weighted by molar-refractivity contribution is -0.173. The largest absolute Gasteiger partial charge is 0.480 e. The quantitative estimate of drug-likeness (QED) is 0.116. The summed E-state index contributed by atoms with van der Waals surface area (Å²) < 4.78 is 28.6. The number of aliphatic hydroxyl groups excluding tert-OH is 1. The Hall–Kier alpha value is -0.940. The van der Waals surface area contributed by atoms with Crippen molar-refractivity contribution >= 4 is 16.1 Å². The summed E-state index contributed by atoms with van der Waals surface area (Å²) in [6, 6.07) is 0.190. The van der Waals surface area contributed by atoms with Gasteiger partial charge in [-0.3, -0.25) is 9.35 Å². The number of hydrogen-bond acceptors (Lipinski definition) is 11. The van der Waals surface area contributed by atoms with Gasteiger partial charge >= 0.3 is 5.97 Å². The molecular weight excluding hydrogens is 378 g/mol. The average Bonchev–Trinajstić information content (AvgIpc) is 2.44. The number of hydrogen-bond donors (Lipinski definition) is 8. The lowest BCUT2D eigenvalue weighted by Crippen LogP contribution is -2.33. The predicted molar refractivity (Wildman–Crippen MR) is 89.3 cm³/mol. The molecule has 26 heavy (non-hydrogen) atoms. The Balaban J connectivity index is -0.000000327. The smallest absolute Gasteiger partial charge is 0.320 e. The molecular formula is C12H31N3O10S.